The van der Waals surface area contributed by atoms with Crippen LogP contribution >= 0.6 is 0 Å². The van der Waals surface area contributed by atoms with E-state index in [1.54, 1.807) is 0 Å². The van der Waals surface area contributed by atoms with Gasteiger partial charge in [-0.25, -0.2) is 0 Å². The maximum Gasteiger partial charge on any atom is 0.267 e. The molecule has 8 heteroatoms. The van der Waals surface area contributed by atoms with Gasteiger partial charge in [0.2, 0.25) is 0 Å². The first-order valence-electron chi connectivity index (χ1n) is 16.7. The third kappa shape index (κ3) is 7.63. The van der Waals surface area contributed by atoms with Gasteiger partial charge in [0.1, 0.15) is 0 Å². The van der Waals surface area contributed by atoms with Crippen LogP contribution in [0.15, 0.2) is 0 Å². The van der Waals surface area contributed by atoms with Crippen LogP contribution in [0.25, 0.3) is 0 Å². The van der Waals surface area contributed by atoms with E-state index < -0.39 is 15.4 Å². The first-order chi connectivity index (χ1) is 19.1. The molecule has 3 N–H and O–H groups in total. The summed E-state index contributed by atoms with van der Waals surface area (Å²) < 4.78 is 45.6. The second-order valence-corrected chi connectivity index (χ2v) is 16.1. The standard InChI is InChI=1S/C32H56O7S/c1-32(22-5-11-25(33)12-6-22,23-7-13-26(34)14-8-23)24-9-15-27(16-10-24)38-28-17-19-29(20-18-28)39-30-3-2-4-31(21-30)40(35,36)37/h22-31,33-34H,2-21H2,1H3,(H,35,36,37). The highest BCUT2D eigenvalue weighted by atomic mass is 32.2. The SMILES string of the molecule is CC(C1CCC(O)CC1)(C1CCC(O)CC1)C1CCC(OC2CCC(OC3CCCC(S(=O)(=O)O)C3)CC2)CC1. The Bertz CT molecular complexity index is 855. The molecule has 0 aliphatic heterocycles. The summed E-state index contributed by atoms with van der Waals surface area (Å²) in [4.78, 5) is 0. The molecule has 5 aliphatic carbocycles. The minimum absolute atomic E-state index is 0.0624. The van der Waals surface area contributed by atoms with E-state index in [1.165, 1.54) is 12.8 Å². The van der Waals surface area contributed by atoms with Gasteiger partial charge < -0.3 is 19.7 Å². The van der Waals surface area contributed by atoms with Gasteiger partial charge in [-0.05, 0) is 152 Å². The summed E-state index contributed by atoms with van der Waals surface area (Å²) in [6.07, 6.45) is 20.2. The van der Waals surface area contributed by atoms with Crippen molar-refractivity contribution in [2.75, 3.05) is 0 Å². The van der Waals surface area contributed by atoms with Gasteiger partial charge in [-0.2, -0.15) is 8.42 Å². The maximum atomic E-state index is 11.6. The Hall–Kier alpha value is -0.250. The molecule has 5 fully saturated rings. The average molecular weight is 585 g/mol. The van der Waals surface area contributed by atoms with Crippen LogP contribution in [0.5, 0.6) is 0 Å². The minimum atomic E-state index is -3.98. The Morgan fingerprint density at radius 3 is 1.35 bits per heavy atom. The van der Waals surface area contributed by atoms with Crippen LogP contribution < -0.4 is 0 Å². The van der Waals surface area contributed by atoms with Crippen molar-refractivity contribution in [1.29, 1.82) is 0 Å². The molecule has 2 atom stereocenters. The predicted octanol–water partition coefficient (Wildman–Crippen LogP) is 6.20. The molecule has 7 nitrogen and oxygen atoms in total. The van der Waals surface area contributed by atoms with Crippen molar-refractivity contribution in [3.63, 3.8) is 0 Å². The van der Waals surface area contributed by atoms with Crippen molar-refractivity contribution in [3.8, 4) is 0 Å². The molecule has 0 aromatic rings. The summed E-state index contributed by atoms with van der Waals surface area (Å²) in [6, 6.07) is 0. The van der Waals surface area contributed by atoms with Crippen molar-refractivity contribution < 1.29 is 32.7 Å². The highest BCUT2D eigenvalue weighted by molar-refractivity contribution is 7.86. The van der Waals surface area contributed by atoms with E-state index in [0.29, 0.717) is 48.2 Å². The molecule has 0 heterocycles. The van der Waals surface area contributed by atoms with Gasteiger partial charge in [0, 0.05) is 0 Å². The van der Waals surface area contributed by atoms with Gasteiger partial charge in [0.15, 0.2) is 0 Å². The number of aliphatic hydroxyl groups is 2. The molecule has 5 rings (SSSR count). The van der Waals surface area contributed by atoms with Crippen LogP contribution in [0.4, 0.5) is 0 Å². The zero-order valence-electron chi connectivity index (χ0n) is 24.8. The molecule has 0 amide bonds. The molecule has 5 aliphatic rings. The highest BCUT2D eigenvalue weighted by Crippen LogP contribution is 2.56. The lowest BCUT2D eigenvalue weighted by atomic mass is 9.52. The largest absolute Gasteiger partial charge is 0.393 e. The molecule has 0 bridgehead atoms. The number of hydrogen-bond donors (Lipinski definition) is 3. The lowest BCUT2D eigenvalue weighted by Crippen LogP contribution is -2.47. The van der Waals surface area contributed by atoms with E-state index in [2.05, 4.69) is 6.92 Å². The molecule has 2 unspecified atom stereocenters. The topological polar surface area (TPSA) is 113 Å². The van der Waals surface area contributed by atoms with Crippen molar-refractivity contribution in [2.24, 2.45) is 23.2 Å². The number of rotatable bonds is 8. The van der Waals surface area contributed by atoms with E-state index in [1.807, 2.05) is 0 Å². The van der Waals surface area contributed by atoms with E-state index in [-0.39, 0.29) is 24.4 Å². The van der Waals surface area contributed by atoms with Gasteiger partial charge in [-0.3, -0.25) is 4.55 Å². The first-order valence-corrected chi connectivity index (χ1v) is 18.2. The van der Waals surface area contributed by atoms with Crippen molar-refractivity contribution in [3.05, 3.63) is 0 Å². The smallest absolute Gasteiger partial charge is 0.267 e. The zero-order chi connectivity index (χ0) is 28.3. The van der Waals surface area contributed by atoms with Crippen LogP contribution in [0, 0.1) is 23.2 Å². The third-order valence-electron chi connectivity index (χ3n) is 12.1. The van der Waals surface area contributed by atoms with E-state index in [9.17, 15) is 23.2 Å². The second-order valence-electron chi connectivity index (χ2n) is 14.4. The molecule has 232 valence electrons. The molecule has 40 heavy (non-hydrogen) atoms. The molecule has 0 spiro atoms. The van der Waals surface area contributed by atoms with Crippen LogP contribution in [0.3, 0.4) is 0 Å². The molecule has 0 aromatic carbocycles. The monoisotopic (exact) mass is 584 g/mol. The zero-order valence-corrected chi connectivity index (χ0v) is 25.6. The van der Waals surface area contributed by atoms with Gasteiger partial charge in [0.05, 0.1) is 41.9 Å². The Morgan fingerprint density at radius 2 is 0.925 bits per heavy atom. The summed E-state index contributed by atoms with van der Waals surface area (Å²) in [5.74, 6) is 2.08. The fourth-order valence-corrected chi connectivity index (χ4v) is 10.5. The second kappa shape index (κ2) is 13.6. The average Bonchev–Trinajstić information content (AvgIpc) is 2.95. The normalized spacial score (nSPS) is 43.6. The number of hydrogen-bond acceptors (Lipinski definition) is 6. The van der Waals surface area contributed by atoms with E-state index in [0.717, 1.165) is 103 Å². The summed E-state index contributed by atoms with van der Waals surface area (Å²) >= 11 is 0. The Labute approximate surface area is 242 Å². The van der Waals surface area contributed by atoms with E-state index in [4.69, 9.17) is 9.47 Å². The summed E-state index contributed by atoms with van der Waals surface area (Å²) in [7, 11) is -3.98. The number of ether oxygens (including phenoxy) is 2. The van der Waals surface area contributed by atoms with Gasteiger partial charge >= 0.3 is 0 Å². The molecular weight excluding hydrogens is 528 g/mol. The molecule has 0 saturated heterocycles. The van der Waals surface area contributed by atoms with Crippen molar-refractivity contribution in [1.82, 2.24) is 0 Å². The quantitative estimate of drug-likeness (QED) is 0.291. The summed E-state index contributed by atoms with van der Waals surface area (Å²) in [5, 5.41) is 19.7. The molecule has 0 radical (unpaired) electrons. The maximum absolute atomic E-state index is 11.6. The first kappa shape index (κ1) is 31.2. The van der Waals surface area contributed by atoms with Crippen LogP contribution in [-0.4, -0.2) is 65.1 Å². The molecular formula is C32H56O7S. The Morgan fingerprint density at radius 1 is 0.550 bits per heavy atom. The van der Waals surface area contributed by atoms with Gasteiger partial charge in [0.25, 0.3) is 10.1 Å². The fraction of sp³-hybridized carbons (Fsp3) is 1.00. The van der Waals surface area contributed by atoms with Crippen LogP contribution in [0.2, 0.25) is 0 Å². The fourth-order valence-electron chi connectivity index (χ4n) is 9.56. The highest BCUT2D eigenvalue weighted by Gasteiger charge is 2.49. The molecule has 5 saturated carbocycles. The third-order valence-corrected chi connectivity index (χ3v) is 13.4. The van der Waals surface area contributed by atoms with E-state index >= 15 is 0 Å². The van der Waals surface area contributed by atoms with Crippen molar-refractivity contribution >= 4 is 10.1 Å². The number of aliphatic hydroxyl groups excluding tert-OH is 2. The lowest BCUT2D eigenvalue weighted by Gasteiger charge is -2.54. The molecule has 0 aromatic heterocycles. The van der Waals surface area contributed by atoms with Crippen molar-refractivity contribution in [2.45, 2.75) is 177 Å². The van der Waals surface area contributed by atoms with Crippen LogP contribution in [0.1, 0.15) is 135 Å². The van der Waals surface area contributed by atoms with Gasteiger partial charge in [-0.1, -0.05) is 6.92 Å². The predicted molar refractivity (Wildman–Crippen MR) is 156 cm³/mol. The summed E-state index contributed by atoms with van der Waals surface area (Å²) in [6.45, 7) is 2.58. The minimum Gasteiger partial charge on any atom is -0.393 e. The Balaban J connectivity index is 1.08. The summed E-state index contributed by atoms with van der Waals surface area (Å²) in [5.41, 5.74) is 0.300. The Kier molecular flexibility index (Phi) is 10.6. The lowest BCUT2D eigenvalue weighted by molar-refractivity contribution is -0.108. The van der Waals surface area contributed by atoms with Crippen LogP contribution in [-0.2, 0) is 19.6 Å². The van der Waals surface area contributed by atoms with Gasteiger partial charge in [-0.15, -0.1) is 0 Å².